The van der Waals surface area contributed by atoms with Gasteiger partial charge in [-0.1, -0.05) is 53.6 Å². The third kappa shape index (κ3) is 1.67. The first kappa shape index (κ1) is 11.0. The first-order valence-corrected chi connectivity index (χ1v) is 7.23. The van der Waals surface area contributed by atoms with E-state index in [1.165, 1.54) is 53.5 Å². The fraction of sp³-hybridized carbons (Fsp3) is 0.263. The van der Waals surface area contributed by atoms with Crippen molar-refractivity contribution in [3.8, 4) is 0 Å². The molecule has 94 valence electrons. The van der Waals surface area contributed by atoms with E-state index in [4.69, 9.17) is 0 Å². The molecule has 0 nitrogen and oxygen atoms in total. The van der Waals surface area contributed by atoms with E-state index in [-0.39, 0.29) is 0 Å². The second-order valence-corrected chi connectivity index (χ2v) is 5.80. The monoisotopic (exact) mass is 246 g/mol. The van der Waals surface area contributed by atoms with Crippen LogP contribution in [-0.2, 0) is 12.8 Å². The summed E-state index contributed by atoms with van der Waals surface area (Å²) < 4.78 is 0. The molecule has 0 radical (unpaired) electrons. The molecule has 0 unspecified atom stereocenters. The second kappa shape index (κ2) is 4.09. The molecule has 0 saturated heterocycles. The van der Waals surface area contributed by atoms with Crippen LogP contribution < -0.4 is 0 Å². The predicted octanol–water partition coefficient (Wildman–Crippen LogP) is 4.69. The summed E-state index contributed by atoms with van der Waals surface area (Å²) in [6.07, 6.45) is 4.94. The average Bonchev–Trinajstić information content (AvgIpc) is 2.46. The van der Waals surface area contributed by atoms with Crippen molar-refractivity contribution >= 4 is 5.57 Å². The van der Waals surface area contributed by atoms with Gasteiger partial charge in [-0.2, -0.15) is 0 Å². The summed E-state index contributed by atoms with van der Waals surface area (Å²) in [4.78, 5) is 0. The smallest absolute Gasteiger partial charge is 0.0114 e. The lowest BCUT2D eigenvalue weighted by Gasteiger charge is -2.29. The van der Waals surface area contributed by atoms with E-state index in [1.54, 1.807) is 11.1 Å². The molecule has 0 saturated carbocycles. The molecule has 0 fully saturated rings. The molecule has 0 spiro atoms. The van der Waals surface area contributed by atoms with E-state index in [9.17, 15) is 0 Å². The number of hydrogen-bond acceptors (Lipinski definition) is 0. The maximum Gasteiger partial charge on any atom is -0.0114 e. The molecule has 2 aliphatic carbocycles. The normalized spacial score (nSPS) is 16.7. The second-order valence-electron chi connectivity index (χ2n) is 5.80. The van der Waals surface area contributed by atoms with E-state index in [2.05, 4.69) is 49.4 Å². The van der Waals surface area contributed by atoms with Gasteiger partial charge in [-0.15, -0.1) is 0 Å². The minimum absolute atomic E-state index is 1.22. The molecule has 0 aliphatic heterocycles. The van der Waals surface area contributed by atoms with Crippen LogP contribution in [0.4, 0.5) is 0 Å². The summed E-state index contributed by atoms with van der Waals surface area (Å²) in [6.45, 7) is 2.20. The highest BCUT2D eigenvalue weighted by molar-refractivity contribution is 5.87. The van der Waals surface area contributed by atoms with Crippen LogP contribution in [-0.4, -0.2) is 0 Å². The third-order valence-corrected chi connectivity index (χ3v) is 4.57. The van der Waals surface area contributed by atoms with Crippen LogP contribution >= 0.6 is 0 Å². The molecule has 2 aromatic rings. The average molecular weight is 246 g/mol. The van der Waals surface area contributed by atoms with Gasteiger partial charge in [-0.25, -0.2) is 0 Å². The zero-order valence-electron chi connectivity index (χ0n) is 11.4. The predicted molar refractivity (Wildman–Crippen MR) is 80.3 cm³/mol. The summed E-state index contributed by atoms with van der Waals surface area (Å²) in [5.41, 5.74) is 10.6. The lowest BCUT2D eigenvalue weighted by molar-refractivity contribution is 0.806. The highest BCUT2D eigenvalue weighted by atomic mass is 14.3. The molecule has 0 heterocycles. The number of hydrogen-bond donors (Lipinski definition) is 0. The summed E-state index contributed by atoms with van der Waals surface area (Å²) in [7, 11) is 0. The molecule has 0 aromatic heterocycles. The summed E-state index contributed by atoms with van der Waals surface area (Å²) in [5.74, 6) is 0. The van der Waals surface area contributed by atoms with Crippen LogP contribution in [0.1, 0.15) is 40.7 Å². The molecule has 0 heteroatoms. The Balaban J connectivity index is 2.00. The Kier molecular flexibility index (Phi) is 2.38. The first-order chi connectivity index (χ1) is 9.33. The van der Waals surface area contributed by atoms with Crippen molar-refractivity contribution in [2.24, 2.45) is 0 Å². The van der Waals surface area contributed by atoms with E-state index < -0.39 is 0 Å². The maximum atomic E-state index is 2.38. The van der Waals surface area contributed by atoms with Gasteiger partial charge in [0.25, 0.3) is 0 Å². The van der Waals surface area contributed by atoms with E-state index in [1.807, 2.05) is 0 Å². The number of allylic oxidation sites excluding steroid dienone is 1. The Morgan fingerprint density at radius 3 is 2.32 bits per heavy atom. The first-order valence-electron chi connectivity index (χ1n) is 7.23. The molecule has 0 atom stereocenters. The van der Waals surface area contributed by atoms with E-state index >= 15 is 0 Å². The van der Waals surface area contributed by atoms with Gasteiger partial charge < -0.3 is 0 Å². The van der Waals surface area contributed by atoms with Crippen molar-refractivity contribution in [2.75, 3.05) is 0 Å². The molecule has 4 rings (SSSR count). The largest absolute Gasteiger partial charge is 0.0620 e. The summed E-state index contributed by atoms with van der Waals surface area (Å²) >= 11 is 0. The van der Waals surface area contributed by atoms with Gasteiger partial charge in [0.15, 0.2) is 0 Å². The summed E-state index contributed by atoms with van der Waals surface area (Å²) in [5, 5.41) is 0. The number of rotatable bonds is 0. The standard InChI is InChI=1S/C19H18/c1-13-6-7-15-9-11-16-10-8-14-4-2-3-5-17(14)19(16)18(15)12-13/h2-7,12H,8-11H2,1H3. The van der Waals surface area contributed by atoms with Crippen LogP contribution in [0.2, 0.25) is 0 Å². The quantitative estimate of drug-likeness (QED) is 0.632. The molecular weight excluding hydrogens is 228 g/mol. The third-order valence-electron chi connectivity index (χ3n) is 4.57. The van der Waals surface area contributed by atoms with Gasteiger partial charge in [0, 0.05) is 0 Å². The summed E-state index contributed by atoms with van der Waals surface area (Å²) in [6, 6.07) is 15.9. The minimum Gasteiger partial charge on any atom is -0.0620 e. The minimum atomic E-state index is 1.22. The molecule has 0 bridgehead atoms. The van der Waals surface area contributed by atoms with Crippen molar-refractivity contribution in [1.82, 2.24) is 0 Å². The fourth-order valence-corrected chi connectivity index (χ4v) is 3.60. The molecule has 2 aromatic carbocycles. The zero-order valence-corrected chi connectivity index (χ0v) is 11.4. The number of benzene rings is 2. The molecule has 0 N–H and O–H groups in total. The molecular formula is C19H18. The van der Waals surface area contributed by atoms with Gasteiger partial charge in [-0.3, -0.25) is 0 Å². The lowest BCUT2D eigenvalue weighted by Crippen LogP contribution is -2.12. The van der Waals surface area contributed by atoms with E-state index in [0.29, 0.717) is 0 Å². The highest BCUT2D eigenvalue weighted by Gasteiger charge is 2.24. The number of aryl methyl sites for hydroxylation is 3. The molecule has 19 heavy (non-hydrogen) atoms. The molecule has 2 aliphatic rings. The SMILES string of the molecule is Cc1ccc2c(c1)C1=C(CCc3ccccc31)CC2. The maximum absolute atomic E-state index is 2.38. The highest BCUT2D eigenvalue weighted by Crippen LogP contribution is 2.42. The van der Waals surface area contributed by atoms with Gasteiger partial charge in [-0.05, 0) is 60.4 Å². The van der Waals surface area contributed by atoms with Crippen LogP contribution in [0.3, 0.4) is 0 Å². The van der Waals surface area contributed by atoms with Crippen molar-refractivity contribution in [3.63, 3.8) is 0 Å². The van der Waals surface area contributed by atoms with Crippen molar-refractivity contribution in [2.45, 2.75) is 32.6 Å². The van der Waals surface area contributed by atoms with Crippen LogP contribution in [0.25, 0.3) is 5.57 Å². The van der Waals surface area contributed by atoms with Gasteiger partial charge in [0.1, 0.15) is 0 Å². The Morgan fingerprint density at radius 2 is 1.47 bits per heavy atom. The van der Waals surface area contributed by atoms with Gasteiger partial charge in [0.05, 0.1) is 0 Å². The van der Waals surface area contributed by atoms with Crippen molar-refractivity contribution in [1.29, 1.82) is 0 Å². The Labute approximate surface area is 114 Å². The van der Waals surface area contributed by atoms with Gasteiger partial charge >= 0.3 is 0 Å². The van der Waals surface area contributed by atoms with Crippen molar-refractivity contribution < 1.29 is 0 Å². The van der Waals surface area contributed by atoms with E-state index in [0.717, 1.165) is 0 Å². The Hall–Kier alpha value is -1.82. The van der Waals surface area contributed by atoms with Crippen LogP contribution in [0, 0.1) is 6.92 Å². The lowest BCUT2D eigenvalue weighted by atomic mass is 9.75. The Bertz CT molecular complexity index is 685. The van der Waals surface area contributed by atoms with Crippen LogP contribution in [0.15, 0.2) is 48.0 Å². The molecule has 0 amide bonds. The zero-order chi connectivity index (χ0) is 12.8. The van der Waals surface area contributed by atoms with Gasteiger partial charge in [0.2, 0.25) is 0 Å². The fourth-order valence-electron chi connectivity index (χ4n) is 3.60. The topological polar surface area (TPSA) is 0 Å². The Morgan fingerprint density at radius 1 is 0.737 bits per heavy atom. The van der Waals surface area contributed by atoms with Crippen LogP contribution in [0.5, 0.6) is 0 Å². The number of fused-ring (bicyclic) bond motifs is 4. The van der Waals surface area contributed by atoms with Crippen molar-refractivity contribution in [3.05, 3.63) is 75.9 Å².